The van der Waals surface area contributed by atoms with Crippen molar-refractivity contribution < 1.29 is 25.8 Å². The van der Waals surface area contributed by atoms with Crippen LogP contribution in [0.3, 0.4) is 0 Å². The molecular weight excluding hydrogens is 357 g/mol. The highest BCUT2D eigenvalue weighted by Gasteiger charge is 2.49. The maximum atomic E-state index is 12.5. The van der Waals surface area contributed by atoms with Crippen molar-refractivity contribution in [2.75, 3.05) is 0 Å². The van der Waals surface area contributed by atoms with Gasteiger partial charge in [0, 0.05) is 0 Å². The molecule has 0 radical (unpaired) electrons. The third-order valence-electron chi connectivity index (χ3n) is 4.19. The lowest BCUT2D eigenvalue weighted by Gasteiger charge is -2.38. The molecule has 0 aromatic heterocycles. The van der Waals surface area contributed by atoms with E-state index in [2.05, 4.69) is 57.2 Å². The Hall–Kier alpha value is -0.943. The zero-order valence-corrected chi connectivity index (χ0v) is 17.3. The first kappa shape index (κ1) is 23.1. The van der Waals surface area contributed by atoms with Crippen molar-refractivity contribution >= 4 is 18.2 Å². The summed E-state index contributed by atoms with van der Waals surface area (Å²) in [5.41, 5.74) is -1.23. The second-order valence-corrected chi connectivity index (χ2v) is 14.1. The van der Waals surface area contributed by atoms with Gasteiger partial charge in [-0.3, -0.25) is 0 Å². The van der Waals surface area contributed by atoms with Gasteiger partial charge in [-0.2, -0.15) is 21.6 Å². The van der Waals surface area contributed by atoms with Gasteiger partial charge in [-0.15, -0.1) is 5.54 Å². The Morgan fingerprint density at radius 3 is 1.58 bits per heavy atom. The standard InChI is InChI=1S/C16H27F3O3SSi/c1-11(2)15(22-23(20,21)16(17,18)19)9-10-24(12(3)4,13(5)6)14(7)8/h12-14H,1-8H3. The summed E-state index contributed by atoms with van der Waals surface area (Å²) in [4.78, 5) is 0. The van der Waals surface area contributed by atoms with E-state index in [1.807, 2.05) is 0 Å². The number of hydrogen-bond acceptors (Lipinski definition) is 3. The van der Waals surface area contributed by atoms with Gasteiger partial charge in [0.1, 0.15) is 8.07 Å². The van der Waals surface area contributed by atoms with E-state index in [9.17, 15) is 21.6 Å². The van der Waals surface area contributed by atoms with Crippen LogP contribution in [0.4, 0.5) is 13.2 Å². The van der Waals surface area contributed by atoms with E-state index < -0.39 is 29.5 Å². The number of alkyl halides is 3. The SMILES string of the molecule is CC(C)=C(C#C[Si](C(C)C)(C(C)C)C(C)C)OS(=O)(=O)C(F)(F)F. The molecule has 0 spiro atoms. The summed E-state index contributed by atoms with van der Waals surface area (Å²) in [6.07, 6.45) is 0. The van der Waals surface area contributed by atoms with Crippen LogP contribution in [0.2, 0.25) is 16.6 Å². The molecule has 0 bridgehead atoms. The highest BCUT2D eigenvalue weighted by molar-refractivity contribution is 7.87. The zero-order valence-electron chi connectivity index (χ0n) is 15.5. The Labute approximate surface area is 144 Å². The fraction of sp³-hybridized carbons (Fsp3) is 0.750. The van der Waals surface area contributed by atoms with Gasteiger partial charge in [0.05, 0.1) is 0 Å². The van der Waals surface area contributed by atoms with Crippen molar-refractivity contribution in [3.8, 4) is 11.5 Å². The lowest BCUT2D eigenvalue weighted by molar-refractivity contribution is -0.0519. The van der Waals surface area contributed by atoms with E-state index in [-0.39, 0.29) is 22.2 Å². The summed E-state index contributed by atoms with van der Waals surface area (Å²) >= 11 is 0. The van der Waals surface area contributed by atoms with Crippen molar-refractivity contribution in [1.82, 2.24) is 0 Å². The van der Waals surface area contributed by atoms with Crippen molar-refractivity contribution in [2.45, 2.75) is 77.5 Å². The normalized spacial score (nSPS) is 13.1. The molecule has 8 heteroatoms. The van der Waals surface area contributed by atoms with Gasteiger partial charge >= 0.3 is 15.6 Å². The quantitative estimate of drug-likeness (QED) is 0.210. The second kappa shape index (κ2) is 7.96. The molecule has 140 valence electrons. The van der Waals surface area contributed by atoms with E-state index in [1.54, 1.807) is 0 Å². The van der Waals surface area contributed by atoms with E-state index in [0.29, 0.717) is 0 Å². The summed E-state index contributed by atoms with van der Waals surface area (Å²) in [5, 5.41) is 0. The van der Waals surface area contributed by atoms with E-state index in [0.717, 1.165) is 0 Å². The lowest BCUT2D eigenvalue weighted by Crippen LogP contribution is -2.43. The van der Waals surface area contributed by atoms with Crippen LogP contribution in [-0.2, 0) is 14.3 Å². The Morgan fingerprint density at radius 2 is 1.33 bits per heavy atom. The lowest BCUT2D eigenvalue weighted by atomic mass is 10.3. The number of allylic oxidation sites excluding steroid dienone is 2. The molecule has 0 amide bonds. The first-order valence-electron chi connectivity index (χ1n) is 7.81. The van der Waals surface area contributed by atoms with Crippen LogP contribution in [0.1, 0.15) is 55.4 Å². The molecule has 0 saturated heterocycles. The summed E-state index contributed by atoms with van der Waals surface area (Å²) < 4.78 is 64.4. The van der Waals surface area contributed by atoms with Gasteiger partial charge in [-0.25, -0.2) is 0 Å². The third kappa shape index (κ3) is 5.03. The summed E-state index contributed by atoms with van der Waals surface area (Å²) in [5.74, 6) is 2.18. The first-order valence-corrected chi connectivity index (χ1v) is 11.4. The summed E-state index contributed by atoms with van der Waals surface area (Å²) in [6, 6.07) is 0. The maximum Gasteiger partial charge on any atom is 0.534 e. The van der Waals surface area contributed by atoms with Gasteiger partial charge < -0.3 is 4.18 Å². The van der Waals surface area contributed by atoms with Gasteiger partial charge in [-0.1, -0.05) is 41.5 Å². The van der Waals surface area contributed by atoms with Crippen LogP contribution >= 0.6 is 0 Å². The van der Waals surface area contributed by atoms with Crippen molar-refractivity contribution in [3.05, 3.63) is 11.3 Å². The molecule has 0 N–H and O–H groups in total. The van der Waals surface area contributed by atoms with E-state index in [1.165, 1.54) is 13.8 Å². The molecule has 0 unspecified atom stereocenters. The van der Waals surface area contributed by atoms with Crippen molar-refractivity contribution in [1.29, 1.82) is 0 Å². The molecule has 0 heterocycles. The fourth-order valence-electron chi connectivity index (χ4n) is 2.98. The molecule has 0 fully saturated rings. The van der Waals surface area contributed by atoms with Crippen LogP contribution in [-0.4, -0.2) is 22.0 Å². The first-order chi connectivity index (χ1) is 10.6. The van der Waals surface area contributed by atoms with Crippen LogP contribution in [0.15, 0.2) is 11.3 Å². The molecule has 0 aliphatic heterocycles. The largest absolute Gasteiger partial charge is 0.534 e. The zero-order chi connectivity index (χ0) is 19.5. The smallest absolute Gasteiger partial charge is 0.367 e. The second-order valence-electron chi connectivity index (χ2n) is 6.96. The molecule has 0 aromatic rings. The van der Waals surface area contributed by atoms with Crippen LogP contribution in [0.5, 0.6) is 0 Å². The van der Waals surface area contributed by atoms with E-state index >= 15 is 0 Å². The van der Waals surface area contributed by atoms with Gasteiger partial charge in [0.25, 0.3) is 0 Å². The summed E-state index contributed by atoms with van der Waals surface area (Å²) in [6.45, 7) is 15.3. The van der Waals surface area contributed by atoms with Crippen molar-refractivity contribution in [3.63, 3.8) is 0 Å². The third-order valence-corrected chi connectivity index (χ3v) is 11.4. The fourth-order valence-corrected chi connectivity index (χ4v) is 8.70. The Balaban J connectivity index is 6.09. The van der Waals surface area contributed by atoms with Gasteiger partial charge in [-0.05, 0) is 42.0 Å². The molecule has 0 rings (SSSR count). The van der Waals surface area contributed by atoms with Crippen molar-refractivity contribution in [2.24, 2.45) is 0 Å². The predicted molar refractivity (Wildman–Crippen MR) is 93.3 cm³/mol. The Morgan fingerprint density at radius 1 is 0.958 bits per heavy atom. The highest BCUT2D eigenvalue weighted by atomic mass is 32.2. The molecule has 0 aliphatic rings. The van der Waals surface area contributed by atoms with E-state index in [4.69, 9.17) is 0 Å². The molecule has 0 saturated carbocycles. The number of halogens is 3. The minimum absolute atomic E-state index is 0.266. The van der Waals surface area contributed by atoms with Crippen LogP contribution in [0.25, 0.3) is 0 Å². The summed E-state index contributed by atoms with van der Waals surface area (Å²) in [7, 11) is -7.92. The monoisotopic (exact) mass is 384 g/mol. The predicted octanol–water partition coefficient (Wildman–Crippen LogP) is 5.37. The minimum Gasteiger partial charge on any atom is -0.367 e. The van der Waals surface area contributed by atoms with Crippen LogP contribution < -0.4 is 0 Å². The average Bonchev–Trinajstić information content (AvgIpc) is 2.34. The molecule has 3 nitrogen and oxygen atoms in total. The van der Waals surface area contributed by atoms with Crippen LogP contribution in [0, 0.1) is 11.5 Å². The Bertz CT molecular complexity index is 610. The molecule has 0 aliphatic carbocycles. The number of hydrogen-bond donors (Lipinski definition) is 0. The maximum absolute atomic E-state index is 12.5. The average molecular weight is 385 g/mol. The topological polar surface area (TPSA) is 43.4 Å². The highest BCUT2D eigenvalue weighted by Crippen LogP contribution is 2.41. The van der Waals surface area contributed by atoms with Gasteiger partial charge in [0.2, 0.25) is 0 Å². The molecule has 0 aromatic carbocycles. The molecular formula is C16H27F3O3SSi. The number of rotatable bonds is 5. The molecule has 0 atom stereocenters. The van der Waals surface area contributed by atoms with Gasteiger partial charge in [0.15, 0.2) is 5.76 Å². The minimum atomic E-state index is -5.72. The molecule has 24 heavy (non-hydrogen) atoms. The Kier molecular flexibility index (Phi) is 7.64.